The molecule has 30 heavy (non-hydrogen) atoms. The fraction of sp³-hybridized carbons (Fsp3) is 0.391. The standard InChI is InChI=1S/C23H26N4O3/c1-15-8-9-17(12-16(15)2)20(28)14-26-19-7-5-11-25-21(19)22(29)27(23(26)30)13-18-6-3-4-10-24-18/h3-4,6,8-10,12,19,21,25H,5,7,11,13-14H2,1-2H3. The summed E-state index contributed by atoms with van der Waals surface area (Å²) in [5.41, 5.74) is 3.37. The van der Waals surface area contributed by atoms with Crippen molar-refractivity contribution in [3.05, 3.63) is 65.0 Å². The molecule has 2 aromatic rings. The molecule has 0 saturated carbocycles. The number of urea groups is 1. The van der Waals surface area contributed by atoms with Crippen molar-refractivity contribution in [2.75, 3.05) is 13.1 Å². The van der Waals surface area contributed by atoms with Gasteiger partial charge >= 0.3 is 6.03 Å². The number of hydrogen-bond donors (Lipinski definition) is 1. The minimum atomic E-state index is -0.493. The highest BCUT2D eigenvalue weighted by atomic mass is 16.2. The van der Waals surface area contributed by atoms with E-state index in [0.29, 0.717) is 17.7 Å². The van der Waals surface area contributed by atoms with Crippen LogP contribution in [0.25, 0.3) is 0 Å². The zero-order valence-electron chi connectivity index (χ0n) is 17.3. The summed E-state index contributed by atoms with van der Waals surface area (Å²) in [5, 5.41) is 3.25. The molecule has 1 aromatic heterocycles. The molecule has 4 rings (SSSR count). The van der Waals surface area contributed by atoms with E-state index in [0.717, 1.165) is 24.1 Å². The number of fused-ring (bicyclic) bond motifs is 1. The van der Waals surface area contributed by atoms with Crippen molar-refractivity contribution in [2.24, 2.45) is 0 Å². The Morgan fingerprint density at radius 3 is 2.73 bits per heavy atom. The molecule has 1 N–H and O–H groups in total. The molecule has 2 atom stereocenters. The Morgan fingerprint density at radius 1 is 1.17 bits per heavy atom. The van der Waals surface area contributed by atoms with Gasteiger partial charge in [0.1, 0.15) is 6.04 Å². The number of piperidine rings is 1. The molecule has 3 heterocycles. The molecule has 2 saturated heterocycles. The molecule has 1 aromatic carbocycles. The molecule has 7 heteroatoms. The Labute approximate surface area is 176 Å². The predicted octanol–water partition coefficient (Wildman–Crippen LogP) is 2.47. The summed E-state index contributed by atoms with van der Waals surface area (Å²) < 4.78 is 0. The van der Waals surface area contributed by atoms with Crippen LogP contribution in [0.15, 0.2) is 42.6 Å². The van der Waals surface area contributed by atoms with Gasteiger partial charge in [-0.3, -0.25) is 19.5 Å². The van der Waals surface area contributed by atoms with Crippen molar-refractivity contribution in [2.45, 2.75) is 45.3 Å². The molecular formula is C23H26N4O3. The van der Waals surface area contributed by atoms with Crippen LogP contribution < -0.4 is 5.32 Å². The third-order valence-corrected chi connectivity index (χ3v) is 6.02. The third-order valence-electron chi connectivity index (χ3n) is 6.02. The SMILES string of the molecule is Cc1ccc(C(=O)CN2C(=O)N(Cc3ccccn3)C(=O)C3NCCCC32)cc1C. The number of amides is 3. The molecule has 0 spiro atoms. The largest absolute Gasteiger partial charge is 0.327 e. The number of imide groups is 1. The van der Waals surface area contributed by atoms with Gasteiger partial charge < -0.3 is 10.2 Å². The number of nitrogens with one attached hydrogen (secondary N) is 1. The third kappa shape index (κ3) is 3.85. The second-order valence-electron chi connectivity index (χ2n) is 8.02. The van der Waals surface area contributed by atoms with Crippen LogP contribution in [0, 0.1) is 13.8 Å². The van der Waals surface area contributed by atoms with Gasteiger partial charge in [-0.1, -0.05) is 18.2 Å². The number of carbonyl (C=O) groups excluding carboxylic acids is 3. The lowest BCUT2D eigenvalue weighted by Gasteiger charge is -2.46. The number of Topliss-reactive ketones (excluding diaryl/α,β-unsaturated/α-hetero) is 1. The first kappa shape index (κ1) is 20.2. The molecule has 3 amide bonds. The van der Waals surface area contributed by atoms with E-state index in [4.69, 9.17) is 0 Å². The van der Waals surface area contributed by atoms with Crippen LogP contribution in [0.1, 0.15) is 40.0 Å². The molecule has 2 aliphatic heterocycles. The lowest BCUT2D eigenvalue weighted by atomic mass is 9.92. The average molecular weight is 406 g/mol. The molecule has 0 bridgehead atoms. The molecule has 2 aliphatic rings. The van der Waals surface area contributed by atoms with Crippen LogP contribution in [-0.4, -0.2) is 57.7 Å². The number of aromatic nitrogens is 1. The van der Waals surface area contributed by atoms with E-state index < -0.39 is 12.1 Å². The Balaban J connectivity index is 1.60. The number of ketones is 1. The Kier molecular flexibility index (Phi) is 5.63. The number of rotatable bonds is 5. The Hall–Kier alpha value is -3.06. The van der Waals surface area contributed by atoms with Gasteiger partial charge in [-0.2, -0.15) is 0 Å². The normalized spacial score (nSPS) is 21.5. The summed E-state index contributed by atoms with van der Waals surface area (Å²) >= 11 is 0. The van der Waals surface area contributed by atoms with Crippen molar-refractivity contribution >= 4 is 17.7 Å². The van der Waals surface area contributed by atoms with Gasteiger partial charge in [-0.05, 0) is 62.6 Å². The number of carbonyl (C=O) groups is 3. The first-order valence-corrected chi connectivity index (χ1v) is 10.3. The second-order valence-corrected chi connectivity index (χ2v) is 8.02. The van der Waals surface area contributed by atoms with Gasteiger partial charge in [0.15, 0.2) is 5.78 Å². The maximum Gasteiger partial charge on any atom is 0.327 e. The fourth-order valence-corrected chi connectivity index (χ4v) is 4.16. The van der Waals surface area contributed by atoms with Gasteiger partial charge in [0.2, 0.25) is 5.91 Å². The highest BCUT2D eigenvalue weighted by Crippen LogP contribution is 2.26. The number of nitrogens with zero attached hydrogens (tertiary/aromatic N) is 3. The molecule has 0 aliphatic carbocycles. The lowest BCUT2D eigenvalue weighted by molar-refractivity contribution is -0.137. The summed E-state index contributed by atoms with van der Waals surface area (Å²) in [7, 11) is 0. The Bertz CT molecular complexity index is 976. The second kappa shape index (κ2) is 8.36. The van der Waals surface area contributed by atoms with E-state index in [1.54, 1.807) is 29.3 Å². The summed E-state index contributed by atoms with van der Waals surface area (Å²) in [6.07, 6.45) is 3.19. The number of pyridine rings is 1. The van der Waals surface area contributed by atoms with E-state index >= 15 is 0 Å². The van der Waals surface area contributed by atoms with Crippen LogP contribution in [0.2, 0.25) is 0 Å². The quantitative estimate of drug-likeness (QED) is 0.772. The zero-order chi connectivity index (χ0) is 21.3. The summed E-state index contributed by atoms with van der Waals surface area (Å²) in [4.78, 5) is 46.4. The maximum atomic E-state index is 13.3. The van der Waals surface area contributed by atoms with E-state index in [2.05, 4.69) is 10.3 Å². The number of benzene rings is 1. The van der Waals surface area contributed by atoms with Gasteiger partial charge in [-0.15, -0.1) is 0 Å². The van der Waals surface area contributed by atoms with Crippen LogP contribution in [0.4, 0.5) is 4.79 Å². The predicted molar refractivity (Wildman–Crippen MR) is 112 cm³/mol. The highest BCUT2D eigenvalue weighted by Gasteiger charge is 2.47. The lowest BCUT2D eigenvalue weighted by Crippen LogP contribution is -2.69. The van der Waals surface area contributed by atoms with Crippen LogP contribution in [0.3, 0.4) is 0 Å². The molecule has 2 fully saturated rings. The van der Waals surface area contributed by atoms with E-state index in [1.807, 2.05) is 32.0 Å². The smallest absolute Gasteiger partial charge is 0.311 e. The molecule has 0 radical (unpaired) electrons. The topological polar surface area (TPSA) is 82.6 Å². The average Bonchev–Trinajstić information content (AvgIpc) is 2.76. The van der Waals surface area contributed by atoms with E-state index in [-0.39, 0.29) is 30.8 Å². The molecule has 7 nitrogen and oxygen atoms in total. The maximum absolute atomic E-state index is 13.3. The summed E-state index contributed by atoms with van der Waals surface area (Å²) in [5.74, 6) is -0.367. The number of aryl methyl sites for hydroxylation is 2. The number of hydrogen-bond acceptors (Lipinski definition) is 5. The van der Waals surface area contributed by atoms with Gasteiger partial charge in [-0.25, -0.2) is 4.79 Å². The van der Waals surface area contributed by atoms with Crippen molar-refractivity contribution in [3.63, 3.8) is 0 Å². The van der Waals surface area contributed by atoms with E-state index in [9.17, 15) is 14.4 Å². The van der Waals surface area contributed by atoms with Crippen molar-refractivity contribution in [1.29, 1.82) is 0 Å². The minimum Gasteiger partial charge on any atom is -0.311 e. The first-order chi connectivity index (χ1) is 14.5. The summed E-state index contributed by atoms with van der Waals surface area (Å²) in [6, 6.07) is 9.75. The molecular weight excluding hydrogens is 380 g/mol. The molecule has 156 valence electrons. The monoisotopic (exact) mass is 406 g/mol. The van der Waals surface area contributed by atoms with Crippen molar-refractivity contribution in [3.8, 4) is 0 Å². The fourth-order valence-electron chi connectivity index (χ4n) is 4.16. The Morgan fingerprint density at radius 2 is 2.00 bits per heavy atom. The zero-order valence-corrected chi connectivity index (χ0v) is 17.3. The van der Waals surface area contributed by atoms with Crippen LogP contribution in [-0.2, 0) is 11.3 Å². The van der Waals surface area contributed by atoms with Crippen LogP contribution in [0.5, 0.6) is 0 Å². The van der Waals surface area contributed by atoms with E-state index in [1.165, 1.54) is 4.90 Å². The molecule has 2 unspecified atom stereocenters. The van der Waals surface area contributed by atoms with Gasteiger partial charge in [0.05, 0.1) is 24.8 Å². The van der Waals surface area contributed by atoms with Gasteiger partial charge in [0.25, 0.3) is 0 Å². The highest BCUT2D eigenvalue weighted by molar-refractivity contribution is 6.04. The first-order valence-electron chi connectivity index (χ1n) is 10.3. The van der Waals surface area contributed by atoms with Crippen molar-refractivity contribution in [1.82, 2.24) is 20.1 Å². The van der Waals surface area contributed by atoms with Crippen LogP contribution >= 0.6 is 0 Å². The minimum absolute atomic E-state index is 0.0455. The van der Waals surface area contributed by atoms with Crippen molar-refractivity contribution < 1.29 is 14.4 Å². The summed E-state index contributed by atoms with van der Waals surface area (Å²) in [6.45, 7) is 4.73. The van der Waals surface area contributed by atoms with Gasteiger partial charge in [0, 0.05) is 11.8 Å².